The van der Waals surface area contributed by atoms with Crippen LogP contribution in [0.4, 0.5) is 17.1 Å². The van der Waals surface area contributed by atoms with Gasteiger partial charge < -0.3 is 29.6 Å². The van der Waals surface area contributed by atoms with Crippen molar-refractivity contribution in [2.45, 2.75) is 75.8 Å². The molecule has 6 N–H and O–H groups in total. The van der Waals surface area contributed by atoms with Crippen LogP contribution in [-0.4, -0.2) is 196 Å². The molecular formula is C61H72Cl4N16O7S2. The number of aliphatic hydroxyl groups is 1. The first-order valence-electron chi connectivity index (χ1n) is 29.8. The van der Waals surface area contributed by atoms with Gasteiger partial charge in [0.05, 0.1) is 52.6 Å². The van der Waals surface area contributed by atoms with E-state index in [1.54, 1.807) is 28.5 Å². The Kier molecular flexibility index (Phi) is 19.6. The molecule has 5 aromatic carbocycles. The van der Waals surface area contributed by atoms with Gasteiger partial charge in [-0.2, -0.15) is 33.1 Å². The van der Waals surface area contributed by atoms with Gasteiger partial charge in [-0.15, -0.1) is 0 Å². The van der Waals surface area contributed by atoms with Crippen molar-refractivity contribution < 1.29 is 31.5 Å². The Balaban J connectivity index is 0.000000124. The number of sulfonamides is 1. The van der Waals surface area contributed by atoms with Gasteiger partial charge in [0.15, 0.2) is 0 Å². The lowest BCUT2D eigenvalue weighted by atomic mass is 9.88. The lowest BCUT2D eigenvalue weighted by molar-refractivity contribution is -0.142. The topological polar surface area (TPSA) is 272 Å². The van der Waals surface area contributed by atoms with E-state index in [4.69, 9.17) is 46.4 Å². The van der Waals surface area contributed by atoms with Gasteiger partial charge in [-0.25, -0.2) is 17.4 Å². The van der Waals surface area contributed by atoms with Crippen LogP contribution in [0.3, 0.4) is 0 Å². The molecule has 1 aliphatic carbocycles. The van der Waals surface area contributed by atoms with Crippen molar-refractivity contribution in [1.82, 2.24) is 63.9 Å². The zero-order valence-corrected chi connectivity index (χ0v) is 54.9. The van der Waals surface area contributed by atoms with Gasteiger partial charge in [-0.1, -0.05) is 76.7 Å². The minimum Gasteiger partial charge on any atom is -0.380 e. The highest BCUT2D eigenvalue weighted by molar-refractivity contribution is 7.88. The number of fused-ring (bicyclic) bond motifs is 4. The molecule has 0 unspecified atom stereocenters. The fourth-order valence-electron chi connectivity index (χ4n) is 12.7. The molecule has 90 heavy (non-hydrogen) atoms. The van der Waals surface area contributed by atoms with Crippen molar-refractivity contribution >= 4 is 139 Å². The third-order valence-corrected chi connectivity index (χ3v) is 21.7. The second-order valence-electron chi connectivity index (χ2n) is 23.4. The fourth-order valence-corrected chi connectivity index (χ4v) is 16.0. The summed E-state index contributed by atoms with van der Waals surface area (Å²) < 4.78 is 54.4. The number of halogens is 4. The molecule has 0 spiro atoms. The Bertz CT molecular complexity index is 4240. The summed E-state index contributed by atoms with van der Waals surface area (Å²) in [4.78, 5) is 34.3. The summed E-state index contributed by atoms with van der Waals surface area (Å²) in [5, 5.41) is 44.9. The molecule has 2 amide bonds. The Labute approximate surface area is 542 Å². The molecule has 14 rings (SSSR count). The number of hydrogen-bond donors (Lipinski definition) is 6. The lowest BCUT2D eigenvalue weighted by Crippen LogP contribution is -2.58. The Morgan fingerprint density at radius 3 is 1.44 bits per heavy atom. The Hall–Kier alpha value is -6.78. The number of carbonyl (C=O) groups is 2. The molecule has 4 aromatic heterocycles. The number of benzene rings is 5. The van der Waals surface area contributed by atoms with Crippen LogP contribution < -0.4 is 19.4 Å². The number of nitrogens with zero attached hydrogens (tertiary/aromatic N) is 11. The van der Waals surface area contributed by atoms with Crippen LogP contribution in [0.2, 0.25) is 20.1 Å². The number of H-pyrrole nitrogens is 4. The number of hydrogen-bond acceptors (Lipinski definition) is 14. The van der Waals surface area contributed by atoms with Crippen LogP contribution in [0, 0.1) is 0 Å². The van der Waals surface area contributed by atoms with Crippen molar-refractivity contribution in [3.05, 3.63) is 135 Å². The van der Waals surface area contributed by atoms with E-state index in [0.717, 1.165) is 111 Å². The third kappa shape index (κ3) is 14.4. The van der Waals surface area contributed by atoms with Gasteiger partial charge in [0, 0.05) is 163 Å². The zero-order chi connectivity index (χ0) is 63.6. The summed E-state index contributed by atoms with van der Waals surface area (Å²) in [6, 6.07) is 24.9. The SMILES string of the molecule is CC(=O)N1[C@H](C)CN(c2cc(Cl)cc3[nH]ncc23)C[C@@H]1C.CNS(=O)(=O)N1CCN(c2cc(Cl)cc3[nH]ncc23)CC1.O=C(N1CCN(c2cc(Cl)cc3[nH]ncc23)CC1)C1(O)CC1.O=S(=O)(Cc1ccccc1)N1CCC(c2cc(Cl)cc3[nH]ncc23)CC1. The molecule has 29 heteroatoms. The maximum atomic E-state index is 12.7. The molecule has 2 atom stereocenters. The third-order valence-electron chi connectivity index (χ3n) is 17.4. The number of aromatic nitrogens is 8. The summed E-state index contributed by atoms with van der Waals surface area (Å²) in [5.41, 5.74) is 7.64. The largest absolute Gasteiger partial charge is 0.380 e. The predicted molar refractivity (Wildman–Crippen MR) is 355 cm³/mol. The Morgan fingerprint density at radius 2 is 1.00 bits per heavy atom. The van der Waals surface area contributed by atoms with Crippen molar-refractivity contribution in [3.8, 4) is 0 Å². The molecule has 5 fully saturated rings. The van der Waals surface area contributed by atoms with Crippen LogP contribution in [0.15, 0.2) is 104 Å². The number of nitrogens with one attached hydrogen (secondary N) is 5. The van der Waals surface area contributed by atoms with E-state index < -0.39 is 25.8 Å². The van der Waals surface area contributed by atoms with E-state index in [2.05, 4.69) is 74.1 Å². The molecule has 0 bridgehead atoms. The summed E-state index contributed by atoms with van der Waals surface area (Å²) in [6.45, 7) is 13.3. The highest BCUT2D eigenvalue weighted by Gasteiger charge is 2.50. The van der Waals surface area contributed by atoms with Crippen LogP contribution in [0.1, 0.15) is 63.5 Å². The molecule has 9 aromatic rings. The summed E-state index contributed by atoms with van der Waals surface area (Å²) >= 11 is 24.8. The number of rotatable bonds is 10. The summed E-state index contributed by atoms with van der Waals surface area (Å²) in [5.74, 6) is 0.361. The van der Waals surface area contributed by atoms with Gasteiger partial charge in [-0.3, -0.25) is 30.0 Å². The highest BCUT2D eigenvalue weighted by Crippen LogP contribution is 2.39. The van der Waals surface area contributed by atoms with Crippen LogP contribution in [-0.2, 0) is 35.6 Å². The predicted octanol–water partition coefficient (Wildman–Crippen LogP) is 8.78. The van der Waals surface area contributed by atoms with E-state index in [0.29, 0.717) is 85.3 Å². The number of amides is 2. The smallest absolute Gasteiger partial charge is 0.279 e. The first kappa shape index (κ1) is 64.7. The van der Waals surface area contributed by atoms with Crippen molar-refractivity contribution in [2.75, 3.05) is 100 Å². The number of piperazine rings is 3. The first-order valence-corrected chi connectivity index (χ1v) is 34.4. The molecule has 5 aliphatic rings. The van der Waals surface area contributed by atoms with Gasteiger partial charge in [0.2, 0.25) is 15.9 Å². The van der Waals surface area contributed by atoms with Crippen LogP contribution in [0.5, 0.6) is 0 Å². The van der Waals surface area contributed by atoms with Crippen molar-refractivity contribution in [3.63, 3.8) is 0 Å². The minimum absolute atomic E-state index is 0.0572. The molecule has 478 valence electrons. The normalized spacial score (nSPS) is 19.3. The monoisotopic (exact) mass is 1340 g/mol. The van der Waals surface area contributed by atoms with E-state index in [-0.39, 0.29) is 35.6 Å². The number of piperidine rings is 1. The Morgan fingerprint density at radius 1 is 0.578 bits per heavy atom. The molecule has 0 radical (unpaired) electrons. The maximum Gasteiger partial charge on any atom is 0.279 e. The maximum absolute atomic E-state index is 12.7. The number of aromatic amines is 4. The van der Waals surface area contributed by atoms with E-state index >= 15 is 0 Å². The van der Waals surface area contributed by atoms with Gasteiger partial charge in [0.1, 0.15) is 5.60 Å². The quantitative estimate of drug-likeness (QED) is 0.0747. The first-order chi connectivity index (χ1) is 43.1. The van der Waals surface area contributed by atoms with Crippen molar-refractivity contribution in [1.29, 1.82) is 0 Å². The molecule has 4 saturated heterocycles. The zero-order valence-electron chi connectivity index (χ0n) is 50.2. The molecule has 23 nitrogen and oxygen atoms in total. The van der Waals surface area contributed by atoms with Gasteiger partial charge in [-0.05, 0) is 105 Å². The molecule has 4 aliphatic heterocycles. The average Bonchev–Trinajstić information content (AvgIpc) is 1.52. The minimum atomic E-state index is -3.35. The number of anilines is 3. The second-order valence-corrected chi connectivity index (χ2v) is 29.0. The van der Waals surface area contributed by atoms with Gasteiger partial charge in [0.25, 0.3) is 16.1 Å². The number of carbonyl (C=O) groups excluding carboxylic acids is 2. The lowest BCUT2D eigenvalue weighted by Gasteiger charge is -2.45. The summed E-state index contributed by atoms with van der Waals surface area (Å²) in [6.07, 6.45) is 9.96. The highest BCUT2D eigenvalue weighted by atomic mass is 35.5. The van der Waals surface area contributed by atoms with Crippen LogP contribution >= 0.6 is 46.4 Å². The standard InChI is InChI=1S/C19H20ClN3O2S.C15H17ClN4O2.C15H19ClN4O.C12H16ClN5O2S/c20-16-10-17(18-12-21-22-19(18)11-16)15-6-8-23(9-7-15)26(24,25)13-14-4-2-1-3-5-14;16-10-7-12-11(9-17-18-12)13(8-10)19-3-5-20(6-4-19)14(21)15(22)1-2-15;1-9-7-19(8-10(2)20(9)11(3)21)15-5-12(16)4-14-13(15)6-17-18-14;1-14-21(19,20)18-4-2-17(3-5-18)12-7-9(13)6-11-10(12)8-15-16-11/h1-5,10-12,15H,6-9,13H2,(H,21,22);7-9,22H,1-6H2,(H,17,18);4-6,9-10H,7-8H2,1-3H3,(H,17,18);6-8,14H,2-5H2,1H3,(H,15,16)/t;;9-,10+;. The summed E-state index contributed by atoms with van der Waals surface area (Å²) in [7, 11) is -5.22. The molecule has 8 heterocycles. The molecular weight excluding hydrogens is 1270 g/mol. The van der Waals surface area contributed by atoms with Gasteiger partial charge >= 0.3 is 0 Å². The average molecular weight is 1350 g/mol. The molecule has 1 saturated carbocycles. The fraction of sp³-hybridized carbons (Fsp3) is 0.410. The second kappa shape index (κ2) is 27.2. The van der Waals surface area contributed by atoms with Crippen LogP contribution in [0.25, 0.3) is 43.6 Å². The van der Waals surface area contributed by atoms with E-state index in [9.17, 15) is 31.5 Å². The van der Waals surface area contributed by atoms with E-state index in [1.807, 2.05) is 96.2 Å². The van der Waals surface area contributed by atoms with E-state index in [1.165, 1.54) is 11.4 Å². The van der Waals surface area contributed by atoms with Crippen molar-refractivity contribution in [2.24, 2.45) is 0 Å².